The van der Waals surface area contributed by atoms with Crippen molar-refractivity contribution in [1.29, 1.82) is 0 Å². The zero-order valence-corrected chi connectivity index (χ0v) is 14.2. The van der Waals surface area contributed by atoms with Gasteiger partial charge in [-0.25, -0.2) is 0 Å². The van der Waals surface area contributed by atoms with E-state index in [1.165, 1.54) is 11.8 Å². The summed E-state index contributed by atoms with van der Waals surface area (Å²) in [6.45, 7) is 1.76. The van der Waals surface area contributed by atoms with Crippen molar-refractivity contribution in [2.24, 2.45) is 10.2 Å². The van der Waals surface area contributed by atoms with E-state index in [0.29, 0.717) is 22.3 Å². The van der Waals surface area contributed by atoms with Gasteiger partial charge in [-0.2, -0.15) is 0 Å². The Morgan fingerprint density at radius 2 is 2.08 bits per heavy atom. The minimum Gasteiger partial charge on any atom is -0.463 e. The Bertz CT molecular complexity index is 816. The van der Waals surface area contributed by atoms with Crippen LogP contribution in [0.25, 0.3) is 0 Å². The Hall–Kier alpha value is -2.87. The summed E-state index contributed by atoms with van der Waals surface area (Å²) in [5, 5.41) is 13.3. The molecule has 0 bridgehead atoms. The van der Waals surface area contributed by atoms with E-state index < -0.39 is 5.25 Å². The van der Waals surface area contributed by atoms with Crippen LogP contribution in [-0.2, 0) is 9.59 Å². The van der Waals surface area contributed by atoms with Gasteiger partial charge in [0.25, 0.3) is 0 Å². The van der Waals surface area contributed by atoms with Gasteiger partial charge in [-0.15, -0.1) is 10.2 Å². The van der Waals surface area contributed by atoms with Crippen LogP contribution in [0.4, 0.5) is 5.69 Å². The van der Waals surface area contributed by atoms with Gasteiger partial charge in [-0.05, 0) is 31.2 Å². The summed E-state index contributed by atoms with van der Waals surface area (Å²) in [6, 6.07) is 12.6. The molecule has 3 rings (SSSR count). The standard InChI is InChI=1S/C17H16N4O3S/c1-11(13-8-5-9-24-13)20-21-17-19-16(23)14(25-17)10-15(22)18-12-6-3-2-4-7-12/h2-9,14H,10H2,1H3,(H,18,22)(H,19,21,23)/b20-11+/t14-/m0/s1. The molecule has 1 atom stereocenters. The number of furan rings is 1. The summed E-state index contributed by atoms with van der Waals surface area (Å²) in [4.78, 5) is 24.0. The van der Waals surface area contributed by atoms with Crippen LogP contribution in [-0.4, -0.2) is 27.9 Å². The number of rotatable bonds is 5. The van der Waals surface area contributed by atoms with Crippen LogP contribution in [0.1, 0.15) is 19.1 Å². The van der Waals surface area contributed by atoms with Gasteiger partial charge in [0.15, 0.2) is 5.17 Å². The highest BCUT2D eigenvalue weighted by Crippen LogP contribution is 2.23. The maximum absolute atomic E-state index is 12.1. The average Bonchev–Trinajstić information content (AvgIpc) is 3.24. The Balaban J connectivity index is 1.58. The van der Waals surface area contributed by atoms with E-state index in [9.17, 15) is 9.59 Å². The largest absolute Gasteiger partial charge is 0.463 e. The van der Waals surface area contributed by atoms with Crippen LogP contribution in [0.2, 0.25) is 0 Å². The van der Waals surface area contributed by atoms with Crippen molar-refractivity contribution in [3.63, 3.8) is 0 Å². The van der Waals surface area contributed by atoms with E-state index in [1.807, 2.05) is 18.2 Å². The molecule has 7 nitrogen and oxygen atoms in total. The third kappa shape index (κ3) is 4.57. The predicted octanol–water partition coefficient (Wildman–Crippen LogP) is 2.62. The topological polar surface area (TPSA) is 96.1 Å². The number of anilines is 1. The van der Waals surface area contributed by atoms with E-state index in [0.717, 1.165) is 0 Å². The SMILES string of the molecule is C/C(=N\N=C1/NC(=O)[C@H](CC(=O)Nc2ccccc2)S1)c1ccco1. The number of para-hydroxylation sites is 1. The third-order valence-corrected chi connectivity index (χ3v) is 4.45. The number of nitrogens with zero attached hydrogens (tertiary/aromatic N) is 2. The molecule has 1 aliphatic heterocycles. The van der Waals surface area contributed by atoms with E-state index in [-0.39, 0.29) is 18.2 Å². The number of thioether (sulfide) groups is 1. The summed E-state index contributed by atoms with van der Waals surface area (Å²) in [5.74, 6) is 0.130. The van der Waals surface area contributed by atoms with Gasteiger partial charge < -0.3 is 15.1 Å². The molecule has 2 amide bonds. The molecule has 2 N–H and O–H groups in total. The Kier molecular flexibility index (Phi) is 5.30. The van der Waals surface area contributed by atoms with Gasteiger partial charge in [0.2, 0.25) is 11.8 Å². The van der Waals surface area contributed by atoms with Crippen LogP contribution in [0.5, 0.6) is 0 Å². The highest BCUT2D eigenvalue weighted by molar-refractivity contribution is 8.15. The minimum atomic E-state index is -0.526. The first-order valence-electron chi connectivity index (χ1n) is 7.60. The first-order chi connectivity index (χ1) is 12.1. The molecule has 0 spiro atoms. The van der Waals surface area contributed by atoms with Crippen LogP contribution in [0, 0.1) is 0 Å². The van der Waals surface area contributed by atoms with Crippen molar-refractivity contribution in [3.05, 3.63) is 54.5 Å². The van der Waals surface area contributed by atoms with Gasteiger partial charge in [-0.1, -0.05) is 30.0 Å². The molecule has 1 aromatic heterocycles. The average molecular weight is 356 g/mol. The number of hydrogen-bond donors (Lipinski definition) is 2. The lowest BCUT2D eigenvalue weighted by Crippen LogP contribution is -2.28. The summed E-state index contributed by atoms with van der Waals surface area (Å²) in [6.07, 6.45) is 1.61. The van der Waals surface area contributed by atoms with Crippen molar-refractivity contribution in [1.82, 2.24) is 5.32 Å². The van der Waals surface area contributed by atoms with Gasteiger partial charge in [0, 0.05) is 12.1 Å². The van der Waals surface area contributed by atoms with Crippen LogP contribution >= 0.6 is 11.8 Å². The lowest BCUT2D eigenvalue weighted by molar-refractivity contribution is -0.122. The van der Waals surface area contributed by atoms with Crippen molar-refractivity contribution in [2.45, 2.75) is 18.6 Å². The minimum absolute atomic E-state index is 0.0608. The van der Waals surface area contributed by atoms with Gasteiger partial charge in [-0.3, -0.25) is 9.59 Å². The molecule has 0 aliphatic carbocycles. The fraction of sp³-hybridized carbons (Fsp3) is 0.176. The van der Waals surface area contributed by atoms with Crippen molar-refractivity contribution in [3.8, 4) is 0 Å². The lowest BCUT2D eigenvalue weighted by atomic mass is 10.2. The first kappa shape index (κ1) is 17.0. The zero-order chi connectivity index (χ0) is 17.6. The van der Waals surface area contributed by atoms with Gasteiger partial charge in [0.05, 0.1) is 6.26 Å². The molecule has 25 heavy (non-hydrogen) atoms. The second-order valence-corrected chi connectivity index (χ2v) is 6.47. The number of carbonyl (C=O) groups is 2. The lowest BCUT2D eigenvalue weighted by Gasteiger charge is -2.06. The Morgan fingerprint density at radius 3 is 2.80 bits per heavy atom. The fourth-order valence-corrected chi connectivity index (χ4v) is 3.06. The maximum Gasteiger partial charge on any atom is 0.240 e. The molecule has 8 heteroatoms. The highest BCUT2D eigenvalue weighted by atomic mass is 32.2. The molecule has 0 radical (unpaired) electrons. The number of benzene rings is 1. The number of carbonyl (C=O) groups excluding carboxylic acids is 2. The molecule has 1 fully saturated rings. The number of amides is 2. The van der Waals surface area contributed by atoms with Gasteiger partial charge >= 0.3 is 0 Å². The highest BCUT2D eigenvalue weighted by Gasteiger charge is 2.32. The molecule has 2 aromatic rings. The van der Waals surface area contributed by atoms with Crippen molar-refractivity contribution < 1.29 is 14.0 Å². The van der Waals surface area contributed by atoms with E-state index in [2.05, 4.69) is 20.8 Å². The fourth-order valence-electron chi connectivity index (χ4n) is 2.14. The van der Waals surface area contributed by atoms with Crippen molar-refractivity contribution >= 4 is 40.1 Å². The smallest absolute Gasteiger partial charge is 0.240 e. The van der Waals surface area contributed by atoms with Gasteiger partial charge in [0.1, 0.15) is 16.7 Å². The maximum atomic E-state index is 12.1. The quantitative estimate of drug-likeness (QED) is 0.636. The second-order valence-electron chi connectivity index (χ2n) is 5.28. The molecule has 128 valence electrons. The summed E-state index contributed by atoms with van der Waals surface area (Å²) >= 11 is 1.19. The number of amidine groups is 1. The monoisotopic (exact) mass is 356 g/mol. The Morgan fingerprint density at radius 1 is 1.28 bits per heavy atom. The first-order valence-corrected chi connectivity index (χ1v) is 8.48. The number of hydrogen-bond acceptors (Lipinski definition) is 6. The predicted molar refractivity (Wildman–Crippen MR) is 97.6 cm³/mol. The molecular weight excluding hydrogens is 340 g/mol. The van der Waals surface area contributed by atoms with Crippen LogP contribution < -0.4 is 10.6 Å². The van der Waals surface area contributed by atoms with E-state index >= 15 is 0 Å². The Labute approximate surface area is 148 Å². The normalized spacial score (nSPS) is 19.1. The summed E-state index contributed by atoms with van der Waals surface area (Å²) in [5.41, 5.74) is 1.29. The van der Waals surface area contributed by atoms with E-state index in [4.69, 9.17) is 4.42 Å². The molecule has 1 aromatic carbocycles. The molecule has 1 saturated heterocycles. The second kappa shape index (κ2) is 7.80. The van der Waals surface area contributed by atoms with E-state index in [1.54, 1.807) is 37.5 Å². The number of nitrogens with one attached hydrogen (secondary N) is 2. The molecule has 0 saturated carbocycles. The van der Waals surface area contributed by atoms with Crippen LogP contribution in [0.15, 0.2) is 63.3 Å². The molecule has 1 aliphatic rings. The molecular formula is C17H16N4O3S. The zero-order valence-electron chi connectivity index (χ0n) is 13.4. The summed E-state index contributed by atoms with van der Waals surface area (Å²) in [7, 11) is 0. The van der Waals surface area contributed by atoms with Crippen molar-refractivity contribution in [2.75, 3.05) is 5.32 Å². The summed E-state index contributed by atoms with van der Waals surface area (Å²) < 4.78 is 5.21. The molecule has 2 heterocycles. The third-order valence-electron chi connectivity index (χ3n) is 3.37. The van der Waals surface area contributed by atoms with Crippen LogP contribution in [0.3, 0.4) is 0 Å². The molecule has 0 unspecified atom stereocenters.